The number of rotatable bonds is 3. The molecule has 0 saturated heterocycles. The van der Waals surface area contributed by atoms with Crippen molar-refractivity contribution in [2.75, 3.05) is 0 Å². The van der Waals surface area contributed by atoms with Gasteiger partial charge >= 0.3 is 29.6 Å². The molecule has 124 valence electrons. The standard InChI is InChI=1S/C18H15S.C2H4O2.Na.H2O/c1-4-10-16(11-5-1)19(17-12-6-2-7-13-17)18-14-8-3-9-15-18;1-2(3)4;;/h1-15H;1H3,(H,3,4);;1H2/q+1;;+1;/p-2. The van der Waals surface area contributed by atoms with E-state index in [1.165, 1.54) is 14.7 Å². The molecule has 3 aromatic carbocycles. The van der Waals surface area contributed by atoms with Crippen LogP contribution in [0.25, 0.3) is 0 Å². The van der Waals surface area contributed by atoms with Crippen LogP contribution in [0.4, 0.5) is 0 Å². The summed E-state index contributed by atoms with van der Waals surface area (Å²) < 4.78 is 0. The largest absolute Gasteiger partial charge is 1.00 e. The number of carboxylic acids is 1. The molecule has 3 nitrogen and oxygen atoms in total. The van der Waals surface area contributed by atoms with Gasteiger partial charge in [-0.05, 0) is 43.3 Å². The number of hydrogen-bond acceptors (Lipinski definition) is 3. The van der Waals surface area contributed by atoms with E-state index in [0.29, 0.717) is 0 Å². The second-order valence-electron chi connectivity index (χ2n) is 4.74. The van der Waals surface area contributed by atoms with Gasteiger partial charge in [0, 0.05) is 5.97 Å². The molecule has 0 aliphatic carbocycles. The zero-order valence-corrected chi connectivity index (χ0v) is 17.1. The molecule has 0 heterocycles. The molecule has 0 spiro atoms. The summed E-state index contributed by atoms with van der Waals surface area (Å²) in [5.41, 5.74) is 0. The molecule has 1 N–H and O–H groups in total. The third-order valence-corrected chi connectivity index (χ3v) is 5.17. The topological polar surface area (TPSA) is 70.1 Å². The zero-order chi connectivity index (χ0) is 16.5. The van der Waals surface area contributed by atoms with Crippen LogP contribution in [0.2, 0.25) is 0 Å². The molecule has 0 saturated carbocycles. The molecule has 0 bridgehead atoms. The maximum atomic E-state index is 8.89. The van der Waals surface area contributed by atoms with Crippen molar-refractivity contribution in [2.45, 2.75) is 21.6 Å². The Balaban J connectivity index is 0.000000874. The van der Waals surface area contributed by atoms with Crippen molar-refractivity contribution in [1.29, 1.82) is 0 Å². The van der Waals surface area contributed by atoms with Crippen molar-refractivity contribution in [3.8, 4) is 0 Å². The van der Waals surface area contributed by atoms with E-state index in [-0.39, 0.29) is 45.9 Å². The van der Waals surface area contributed by atoms with Crippen molar-refractivity contribution in [1.82, 2.24) is 0 Å². The van der Waals surface area contributed by atoms with Gasteiger partial charge in [-0.25, -0.2) is 0 Å². The zero-order valence-electron chi connectivity index (χ0n) is 14.3. The Morgan fingerprint density at radius 1 is 0.680 bits per heavy atom. The smallest absolute Gasteiger partial charge is 0.870 e. The quantitative estimate of drug-likeness (QED) is 0.499. The minimum absolute atomic E-state index is 0. The fourth-order valence-electron chi connectivity index (χ4n) is 2.08. The maximum absolute atomic E-state index is 8.89. The molecule has 0 amide bonds. The summed E-state index contributed by atoms with van der Waals surface area (Å²) in [6, 6.07) is 32.2. The van der Waals surface area contributed by atoms with Gasteiger partial charge in [-0.15, -0.1) is 0 Å². The van der Waals surface area contributed by atoms with E-state index >= 15 is 0 Å². The van der Waals surface area contributed by atoms with Crippen LogP contribution in [0, 0.1) is 0 Å². The summed E-state index contributed by atoms with van der Waals surface area (Å²) in [7, 11) is -0.0146. The molecule has 0 radical (unpaired) electrons. The number of carbonyl (C=O) groups excluding carboxylic acids is 1. The van der Waals surface area contributed by atoms with E-state index in [1.807, 2.05) is 0 Å². The SMILES string of the molecule is CC(=O)[O-].[Na+].[OH-].c1ccc([S+](c2ccccc2)c2ccccc2)cc1. The third kappa shape index (κ3) is 7.90. The normalized spacial score (nSPS) is 9.04. The molecular formula is C20H19NaO3S. The Kier molecular flexibility index (Phi) is 12.0. The van der Waals surface area contributed by atoms with E-state index in [4.69, 9.17) is 9.90 Å². The van der Waals surface area contributed by atoms with E-state index in [2.05, 4.69) is 91.0 Å². The van der Waals surface area contributed by atoms with E-state index < -0.39 is 5.97 Å². The van der Waals surface area contributed by atoms with Crippen LogP contribution >= 0.6 is 0 Å². The van der Waals surface area contributed by atoms with Crippen molar-refractivity contribution in [3.05, 3.63) is 91.0 Å². The molecule has 0 atom stereocenters. The van der Waals surface area contributed by atoms with Gasteiger partial charge in [0.1, 0.15) is 0 Å². The van der Waals surface area contributed by atoms with Gasteiger partial charge in [0.05, 0.1) is 10.9 Å². The first kappa shape index (κ1) is 23.4. The van der Waals surface area contributed by atoms with Crippen LogP contribution in [-0.2, 0) is 15.7 Å². The van der Waals surface area contributed by atoms with E-state index in [1.54, 1.807) is 0 Å². The fraction of sp³-hybridized carbons (Fsp3) is 0.0500. The van der Waals surface area contributed by atoms with E-state index in [0.717, 1.165) is 6.92 Å². The molecule has 0 fully saturated rings. The van der Waals surface area contributed by atoms with Gasteiger partial charge in [0.2, 0.25) is 0 Å². The Labute approximate surface area is 173 Å². The maximum Gasteiger partial charge on any atom is 1.00 e. The second kappa shape index (κ2) is 12.8. The van der Waals surface area contributed by atoms with Crippen LogP contribution in [0.1, 0.15) is 6.92 Å². The second-order valence-corrected chi connectivity index (χ2v) is 6.76. The molecule has 25 heavy (non-hydrogen) atoms. The van der Waals surface area contributed by atoms with Crippen molar-refractivity contribution in [3.63, 3.8) is 0 Å². The fourth-order valence-corrected chi connectivity index (χ4v) is 4.18. The monoisotopic (exact) mass is 362 g/mol. The number of hydrogen-bond donors (Lipinski definition) is 0. The van der Waals surface area contributed by atoms with Crippen molar-refractivity contribution >= 4 is 16.9 Å². The summed E-state index contributed by atoms with van der Waals surface area (Å²) in [5.74, 6) is -1.08. The van der Waals surface area contributed by atoms with Gasteiger partial charge in [0.25, 0.3) is 0 Å². The van der Waals surface area contributed by atoms with Gasteiger partial charge in [-0.2, -0.15) is 0 Å². The number of benzene rings is 3. The van der Waals surface area contributed by atoms with Crippen LogP contribution in [-0.4, -0.2) is 11.4 Å². The van der Waals surface area contributed by atoms with Gasteiger partial charge in [-0.1, -0.05) is 54.6 Å². The predicted molar refractivity (Wildman–Crippen MR) is 94.1 cm³/mol. The molecule has 0 aromatic heterocycles. The summed E-state index contributed by atoms with van der Waals surface area (Å²) >= 11 is 0. The molecule has 3 aromatic rings. The first-order valence-corrected chi connectivity index (χ1v) is 8.48. The van der Waals surface area contributed by atoms with Gasteiger partial charge in [0.15, 0.2) is 14.7 Å². The average Bonchev–Trinajstić information content (AvgIpc) is 2.58. The molecule has 0 unspecified atom stereocenters. The van der Waals surface area contributed by atoms with Crippen LogP contribution in [0.15, 0.2) is 106 Å². The molecule has 0 aliphatic rings. The van der Waals surface area contributed by atoms with Gasteiger partial charge < -0.3 is 15.4 Å². The van der Waals surface area contributed by atoms with Crippen molar-refractivity contribution < 1.29 is 44.9 Å². The Hall–Kier alpha value is -1.56. The van der Waals surface area contributed by atoms with Crippen LogP contribution in [0.3, 0.4) is 0 Å². The molecular weight excluding hydrogens is 343 g/mol. The Morgan fingerprint density at radius 3 is 1.08 bits per heavy atom. The molecule has 3 rings (SSSR count). The number of carbonyl (C=O) groups is 1. The summed E-state index contributed by atoms with van der Waals surface area (Å²) in [5, 5.41) is 8.89. The first-order chi connectivity index (χ1) is 11.2. The minimum atomic E-state index is -1.08. The average molecular weight is 362 g/mol. The minimum Gasteiger partial charge on any atom is -0.870 e. The Bertz CT molecular complexity index is 624. The third-order valence-electron chi connectivity index (χ3n) is 2.94. The summed E-state index contributed by atoms with van der Waals surface area (Å²) in [6.07, 6.45) is 0. The first-order valence-electron chi connectivity index (χ1n) is 7.25. The number of carboxylic acid groups (broad SMARTS) is 1. The van der Waals surface area contributed by atoms with Crippen LogP contribution in [0.5, 0.6) is 0 Å². The summed E-state index contributed by atoms with van der Waals surface area (Å²) in [4.78, 5) is 13.0. The predicted octanol–water partition coefficient (Wildman–Crippen LogP) is 0.365. The molecule has 0 aliphatic heterocycles. The Morgan fingerprint density at radius 2 is 0.880 bits per heavy atom. The van der Waals surface area contributed by atoms with Gasteiger partial charge in [-0.3, -0.25) is 0 Å². The number of aliphatic carboxylic acids is 1. The molecule has 5 heteroatoms. The summed E-state index contributed by atoms with van der Waals surface area (Å²) in [6.45, 7) is 0.972. The van der Waals surface area contributed by atoms with E-state index in [9.17, 15) is 0 Å². The van der Waals surface area contributed by atoms with Crippen LogP contribution < -0.4 is 34.7 Å². The van der Waals surface area contributed by atoms with Crippen molar-refractivity contribution in [2.24, 2.45) is 0 Å².